The van der Waals surface area contributed by atoms with Crippen molar-refractivity contribution in [2.24, 2.45) is 0 Å². The second-order valence-corrected chi connectivity index (χ2v) is 8.65. The van der Waals surface area contributed by atoms with Crippen LogP contribution in [0.25, 0.3) is 22.0 Å². The molecule has 3 aromatic carbocycles. The first-order chi connectivity index (χ1) is 16.1. The zero-order valence-electron chi connectivity index (χ0n) is 17.5. The molecule has 0 amide bonds. The summed E-state index contributed by atoms with van der Waals surface area (Å²) in [5, 5.41) is 1.94. The molecule has 0 radical (unpaired) electrons. The van der Waals surface area contributed by atoms with Gasteiger partial charge in [-0.05, 0) is 52.6 Å². The summed E-state index contributed by atoms with van der Waals surface area (Å²) in [5.74, 6) is -0.469. The molecule has 0 saturated heterocycles. The lowest BCUT2D eigenvalue weighted by atomic mass is 9.93. The molecule has 0 aliphatic carbocycles. The molecule has 0 aliphatic rings. The fourth-order valence-electron chi connectivity index (χ4n) is 4.12. The molecule has 33 heavy (non-hydrogen) atoms. The molecule has 6 heteroatoms. The maximum atomic E-state index is 12.3. The summed E-state index contributed by atoms with van der Waals surface area (Å²) in [6.07, 6.45) is 4.48. The van der Waals surface area contributed by atoms with E-state index >= 15 is 0 Å². The summed E-state index contributed by atoms with van der Waals surface area (Å²) in [6, 6.07) is 25.4. The molecule has 0 fully saturated rings. The Morgan fingerprint density at radius 2 is 1.79 bits per heavy atom. The zero-order valence-corrected chi connectivity index (χ0v) is 19.0. The molecule has 1 unspecified atom stereocenters. The van der Waals surface area contributed by atoms with Crippen molar-refractivity contribution in [3.8, 4) is 11.1 Å². The van der Waals surface area contributed by atoms with Gasteiger partial charge in [-0.15, -0.1) is 0 Å². The average molecular weight is 472 g/mol. The van der Waals surface area contributed by atoms with Crippen LogP contribution in [0.3, 0.4) is 0 Å². The number of hydrogen-bond donors (Lipinski definition) is 0. The van der Waals surface area contributed by atoms with Gasteiger partial charge in [-0.25, -0.2) is 9.97 Å². The van der Waals surface area contributed by atoms with Crippen molar-refractivity contribution in [1.82, 2.24) is 14.5 Å². The van der Waals surface area contributed by atoms with Gasteiger partial charge in [0.1, 0.15) is 11.4 Å². The summed E-state index contributed by atoms with van der Waals surface area (Å²) in [4.78, 5) is 21.1. The molecular formula is C27H19Cl2N3O. The van der Waals surface area contributed by atoms with Crippen LogP contribution in [0.2, 0.25) is 10.2 Å². The Labute approximate surface area is 201 Å². The number of aldehydes is 1. The van der Waals surface area contributed by atoms with Crippen LogP contribution in [0.1, 0.15) is 22.7 Å². The molecule has 0 bridgehead atoms. The molecule has 0 N–H and O–H groups in total. The highest BCUT2D eigenvalue weighted by Gasteiger charge is 2.19. The van der Waals surface area contributed by atoms with Gasteiger partial charge < -0.3 is 9.36 Å². The first-order valence-corrected chi connectivity index (χ1v) is 11.2. The van der Waals surface area contributed by atoms with Gasteiger partial charge in [0.05, 0.1) is 23.5 Å². The predicted molar refractivity (Wildman–Crippen MR) is 133 cm³/mol. The van der Waals surface area contributed by atoms with Crippen LogP contribution in [0.15, 0.2) is 91.4 Å². The molecule has 0 aliphatic heterocycles. The minimum absolute atomic E-state index is 0.401. The fraction of sp³-hybridized carbons (Fsp3) is 0.0741. The number of halogens is 2. The lowest BCUT2D eigenvalue weighted by molar-refractivity contribution is -0.108. The molecule has 0 spiro atoms. The van der Waals surface area contributed by atoms with Gasteiger partial charge in [0.2, 0.25) is 0 Å². The number of imidazole rings is 1. The Morgan fingerprint density at radius 1 is 0.939 bits per heavy atom. The Morgan fingerprint density at radius 3 is 2.58 bits per heavy atom. The van der Waals surface area contributed by atoms with E-state index in [2.05, 4.69) is 22.1 Å². The Kier molecular flexibility index (Phi) is 5.95. The third-order valence-corrected chi connectivity index (χ3v) is 6.12. The number of carbonyl (C=O) groups excluding carboxylic acids is 1. The van der Waals surface area contributed by atoms with Crippen LogP contribution in [-0.2, 0) is 11.3 Å². The van der Waals surface area contributed by atoms with E-state index in [-0.39, 0.29) is 0 Å². The van der Waals surface area contributed by atoms with Crippen molar-refractivity contribution in [1.29, 1.82) is 0 Å². The number of pyridine rings is 1. The van der Waals surface area contributed by atoms with Crippen LogP contribution < -0.4 is 0 Å². The van der Waals surface area contributed by atoms with Gasteiger partial charge in [-0.2, -0.15) is 0 Å². The fourth-order valence-corrected chi connectivity index (χ4v) is 4.51. The largest absolute Gasteiger partial charge is 0.329 e. The van der Waals surface area contributed by atoms with Gasteiger partial charge in [-0.3, -0.25) is 0 Å². The van der Waals surface area contributed by atoms with E-state index in [0.717, 1.165) is 45.1 Å². The van der Waals surface area contributed by atoms with Gasteiger partial charge in [0.25, 0.3) is 0 Å². The summed E-state index contributed by atoms with van der Waals surface area (Å²) in [7, 11) is 0. The molecule has 0 saturated carbocycles. The summed E-state index contributed by atoms with van der Waals surface area (Å²) < 4.78 is 2.01. The quantitative estimate of drug-likeness (QED) is 0.202. The van der Waals surface area contributed by atoms with Crippen LogP contribution in [0.5, 0.6) is 0 Å². The van der Waals surface area contributed by atoms with Crippen molar-refractivity contribution >= 4 is 40.4 Å². The Hall–Kier alpha value is -3.47. The summed E-state index contributed by atoms with van der Waals surface area (Å²) >= 11 is 12.5. The van der Waals surface area contributed by atoms with Crippen molar-refractivity contribution < 1.29 is 4.79 Å². The minimum Gasteiger partial charge on any atom is -0.329 e. The monoisotopic (exact) mass is 471 g/mol. The minimum atomic E-state index is -0.469. The van der Waals surface area contributed by atoms with Crippen molar-refractivity contribution in [2.45, 2.75) is 12.5 Å². The highest BCUT2D eigenvalue weighted by molar-refractivity contribution is 6.31. The number of benzene rings is 3. The summed E-state index contributed by atoms with van der Waals surface area (Å²) in [6.45, 7) is 0.638. The lowest BCUT2D eigenvalue weighted by Crippen LogP contribution is -2.11. The second-order valence-electron chi connectivity index (χ2n) is 7.83. The third-order valence-electron chi connectivity index (χ3n) is 5.69. The van der Waals surface area contributed by atoms with Crippen molar-refractivity contribution in [3.63, 3.8) is 0 Å². The maximum absolute atomic E-state index is 12.3. The zero-order chi connectivity index (χ0) is 22.8. The predicted octanol–water partition coefficient (Wildman–Crippen LogP) is 6.78. The highest BCUT2D eigenvalue weighted by atomic mass is 35.5. The van der Waals surface area contributed by atoms with E-state index in [4.69, 9.17) is 23.2 Å². The number of nitrogens with zero attached hydrogens (tertiary/aromatic N) is 3. The average Bonchev–Trinajstić information content (AvgIpc) is 3.27. The number of rotatable bonds is 6. The molecule has 162 valence electrons. The molecule has 1 atom stereocenters. The maximum Gasteiger partial charge on any atom is 0.133 e. The smallest absolute Gasteiger partial charge is 0.133 e. The van der Waals surface area contributed by atoms with Gasteiger partial charge in [-0.1, -0.05) is 71.7 Å². The highest BCUT2D eigenvalue weighted by Crippen LogP contribution is 2.34. The number of aromatic nitrogens is 3. The van der Waals surface area contributed by atoms with E-state index in [1.165, 1.54) is 0 Å². The van der Waals surface area contributed by atoms with E-state index in [1.807, 2.05) is 71.3 Å². The number of hydrogen-bond acceptors (Lipinski definition) is 3. The SMILES string of the molecule is O=CC(c1ccc2nc(Cl)cc(-c3cccc(Cl)c3)c2c1)c1cncn1Cc1ccccc1. The normalized spacial score (nSPS) is 12.1. The molecule has 5 aromatic rings. The van der Waals surface area contributed by atoms with Crippen LogP contribution >= 0.6 is 23.2 Å². The number of fused-ring (bicyclic) bond motifs is 1. The molecule has 2 aromatic heterocycles. The van der Waals surface area contributed by atoms with Crippen LogP contribution in [0, 0.1) is 0 Å². The van der Waals surface area contributed by atoms with Crippen LogP contribution in [-0.4, -0.2) is 20.8 Å². The Bertz CT molecular complexity index is 1450. The van der Waals surface area contributed by atoms with Gasteiger partial charge in [0.15, 0.2) is 0 Å². The first kappa shape index (κ1) is 21.4. The molecule has 5 rings (SSSR count). The standard InChI is InChI=1S/C27H19Cl2N3O/c28-21-8-4-7-19(11-21)22-13-27(29)31-25-10-9-20(12-23(22)25)24(16-33)26-14-30-17-32(26)15-18-5-2-1-3-6-18/h1-14,16-17,24H,15H2. The lowest BCUT2D eigenvalue weighted by Gasteiger charge is -2.16. The van der Waals surface area contributed by atoms with Gasteiger partial charge in [0, 0.05) is 23.2 Å². The second kappa shape index (κ2) is 9.18. The van der Waals surface area contributed by atoms with E-state index < -0.39 is 5.92 Å². The Balaban J connectivity index is 1.60. The van der Waals surface area contributed by atoms with E-state index in [1.54, 1.807) is 12.5 Å². The van der Waals surface area contributed by atoms with Crippen molar-refractivity contribution in [2.75, 3.05) is 0 Å². The van der Waals surface area contributed by atoms with Crippen LogP contribution in [0.4, 0.5) is 0 Å². The van der Waals surface area contributed by atoms with E-state index in [0.29, 0.717) is 16.7 Å². The molecule has 2 heterocycles. The summed E-state index contributed by atoms with van der Waals surface area (Å²) in [5.41, 5.74) is 5.44. The van der Waals surface area contributed by atoms with Gasteiger partial charge >= 0.3 is 0 Å². The molecular weight excluding hydrogens is 453 g/mol. The van der Waals surface area contributed by atoms with Crippen molar-refractivity contribution in [3.05, 3.63) is 118 Å². The number of carbonyl (C=O) groups is 1. The topological polar surface area (TPSA) is 47.8 Å². The third kappa shape index (κ3) is 4.40. The first-order valence-electron chi connectivity index (χ1n) is 10.5. The van der Waals surface area contributed by atoms with E-state index in [9.17, 15) is 4.79 Å². The molecule has 4 nitrogen and oxygen atoms in total.